The molecule has 26 heavy (non-hydrogen) atoms. The van der Waals surface area contributed by atoms with Gasteiger partial charge in [-0.3, -0.25) is 4.79 Å². The molecule has 1 saturated heterocycles. The van der Waals surface area contributed by atoms with E-state index < -0.39 is 0 Å². The second-order valence-corrected chi connectivity index (χ2v) is 6.22. The van der Waals surface area contributed by atoms with Crippen molar-refractivity contribution in [2.75, 3.05) is 52.8 Å². The number of piperazine rings is 1. The standard InChI is InChI=1S/C19H24N4O3/c1-22-8-10-23(11-9-22)19(24)14-4-7-18(20-13-14)21-15-5-6-16(25-2)17(12-15)26-3/h4-7,12-13H,8-11H2,1-3H3,(H,20,21). The fourth-order valence-electron chi connectivity index (χ4n) is 2.85. The molecule has 0 saturated carbocycles. The van der Waals surface area contributed by atoms with Gasteiger partial charge in [-0.2, -0.15) is 0 Å². The predicted octanol–water partition coefficient (Wildman–Crippen LogP) is 2.23. The number of carbonyl (C=O) groups excluding carboxylic acids is 1. The molecule has 0 bridgehead atoms. The topological polar surface area (TPSA) is 66.9 Å². The zero-order chi connectivity index (χ0) is 18.5. The summed E-state index contributed by atoms with van der Waals surface area (Å²) in [4.78, 5) is 21.0. The quantitative estimate of drug-likeness (QED) is 0.886. The van der Waals surface area contributed by atoms with Crippen LogP contribution in [0, 0.1) is 0 Å². The maximum atomic E-state index is 12.5. The summed E-state index contributed by atoms with van der Waals surface area (Å²) in [6.45, 7) is 3.30. The Hall–Kier alpha value is -2.80. The zero-order valence-corrected chi connectivity index (χ0v) is 15.4. The number of nitrogens with zero attached hydrogens (tertiary/aromatic N) is 3. The van der Waals surface area contributed by atoms with Crippen LogP contribution < -0.4 is 14.8 Å². The van der Waals surface area contributed by atoms with Gasteiger partial charge in [-0.15, -0.1) is 0 Å². The van der Waals surface area contributed by atoms with Crippen LogP contribution in [0.2, 0.25) is 0 Å². The van der Waals surface area contributed by atoms with Gasteiger partial charge in [0.15, 0.2) is 11.5 Å². The maximum absolute atomic E-state index is 12.5. The van der Waals surface area contributed by atoms with Crippen molar-refractivity contribution < 1.29 is 14.3 Å². The molecule has 1 aliphatic rings. The molecular weight excluding hydrogens is 332 g/mol. The number of hydrogen-bond donors (Lipinski definition) is 1. The van der Waals surface area contributed by atoms with Crippen molar-refractivity contribution in [2.24, 2.45) is 0 Å². The average molecular weight is 356 g/mol. The summed E-state index contributed by atoms with van der Waals surface area (Å²) in [5, 5.41) is 3.20. The number of carbonyl (C=O) groups is 1. The second kappa shape index (κ2) is 8.05. The third-order valence-electron chi connectivity index (χ3n) is 4.46. The Morgan fingerprint density at radius 2 is 1.77 bits per heavy atom. The highest BCUT2D eigenvalue weighted by atomic mass is 16.5. The van der Waals surface area contributed by atoms with Crippen molar-refractivity contribution in [1.29, 1.82) is 0 Å². The van der Waals surface area contributed by atoms with E-state index in [4.69, 9.17) is 9.47 Å². The molecule has 1 amide bonds. The van der Waals surface area contributed by atoms with Gasteiger partial charge in [-0.1, -0.05) is 0 Å². The lowest BCUT2D eigenvalue weighted by Crippen LogP contribution is -2.47. The first-order valence-electron chi connectivity index (χ1n) is 8.53. The van der Waals surface area contributed by atoms with Gasteiger partial charge in [0.2, 0.25) is 0 Å². The fourth-order valence-corrected chi connectivity index (χ4v) is 2.85. The van der Waals surface area contributed by atoms with Crippen LogP contribution in [0.3, 0.4) is 0 Å². The van der Waals surface area contributed by atoms with Crippen LogP contribution in [0.1, 0.15) is 10.4 Å². The van der Waals surface area contributed by atoms with Crippen molar-refractivity contribution in [2.45, 2.75) is 0 Å². The predicted molar refractivity (Wildman–Crippen MR) is 100 cm³/mol. The number of likely N-dealkylation sites (N-methyl/N-ethyl adjacent to an activating group) is 1. The number of methoxy groups -OCH3 is 2. The highest BCUT2D eigenvalue weighted by molar-refractivity contribution is 5.94. The molecule has 0 spiro atoms. The third-order valence-corrected chi connectivity index (χ3v) is 4.46. The maximum Gasteiger partial charge on any atom is 0.255 e. The molecule has 2 heterocycles. The number of hydrogen-bond acceptors (Lipinski definition) is 6. The molecule has 1 fully saturated rings. The summed E-state index contributed by atoms with van der Waals surface area (Å²) in [6, 6.07) is 9.15. The van der Waals surface area contributed by atoms with Crippen LogP contribution in [0.15, 0.2) is 36.5 Å². The summed E-state index contributed by atoms with van der Waals surface area (Å²) in [7, 11) is 5.26. The number of anilines is 2. The molecule has 1 aromatic heterocycles. The lowest BCUT2D eigenvalue weighted by molar-refractivity contribution is 0.0663. The molecule has 0 atom stereocenters. The number of amides is 1. The number of ether oxygens (including phenoxy) is 2. The number of pyridine rings is 1. The number of aromatic nitrogens is 1. The minimum Gasteiger partial charge on any atom is -0.493 e. The number of rotatable bonds is 5. The molecule has 3 rings (SSSR count). The van der Waals surface area contributed by atoms with E-state index in [-0.39, 0.29) is 5.91 Å². The van der Waals surface area contributed by atoms with Gasteiger partial charge in [-0.05, 0) is 31.3 Å². The van der Waals surface area contributed by atoms with Gasteiger partial charge in [0, 0.05) is 44.1 Å². The molecule has 7 nitrogen and oxygen atoms in total. The molecule has 138 valence electrons. The first-order valence-corrected chi connectivity index (χ1v) is 8.53. The summed E-state index contributed by atoms with van der Waals surface area (Å²) in [6.07, 6.45) is 1.61. The van der Waals surface area contributed by atoms with Gasteiger partial charge in [0.05, 0.1) is 19.8 Å². The minimum atomic E-state index is 0.0308. The van der Waals surface area contributed by atoms with Crippen molar-refractivity contribution in [3.63, 3.8) is 0 Å². The molecule has 7 heteroatoms. The normalized spacial score (nSPS) is 14.8. The Balaban J connectivity index is 1.67. The van der Waals surface area contributed by atoms with Crippen LogP contribution in [-0.2, 0) is 0 Å². The Kier molecular flexibility index (Phi) is 5.58. The van der Waals surface area contributed by atoms with E-state index in [9.17, 15) is 4.79 Å². The molecule has 0 aliphatic carbocycles. The van der Waals surface area contributed by atoms with E-state index in [1.54, 1.807) is 32.5 Å². The van der Waals surface area contributed by atoms with Gasteiger partial charge in [0.25, 0.3) is 5.91 Å². The molecule has 0 unspecified atom stereocenters. The summed E-state index contributed by atoms with van der Waals surface area (Å²) in [5.41, 5.74) is 1.43. The largest absolute Gasteiger partial charge is 0.493 e. The molecule has 0 radical (unpaired) electrons. The van der Waals surface area contributed by atoms with Gasteiger partial charge in [0.1, 0.15) is 5.82 Å². The van der Waals surface area contributed by atoms with E-state index in [0.717, 1.165) is 31.9 Å². The lowest BCUT2D eigenvalue weighted by atomic mass is 10.2. The molecule has 1 N–H and O–H groups in total. The van der Waals surface area contributed by atoms with Gasteiger partial charge < -0.3 is 24.6 Å². The Morgan fingerprint density at radius 3 is 2.38 bits per heavy atom. The first kappa shape index (κ1) is 18.0. The van der Waals surface area contributed by atoms with E-state index in [1.807, 2.05) is 23.1 Å². The van der Waals surface area contributed by atoms with E-state index in [2.05, 4.69) is 22.2 Å². The number of nitrogens with one attached hydrogen (secondary N) is 1. The van der Waals surface area contributed by atoms with Crippen LogP contribution in [0.5, 0.6) is 11.5 Å². The minimum absolute atomic E-state index is 0.0308. The monoisotopic (exact) mass is 356 g/mol. The van der Waals surface area contributed by atoms with Crippen molar-refractivity contribution in [3.8, 4) is 11.5 Å². The lowest BCUT2D eigenvalue weighted by Gasteiger charge is -2.32. The molecule has 2 aromatic rings. The van der Waals surface area contributed by atoms with E-state index >= 15 is 0 Å². The Labute approximate surface area is 153 Å². The number of benzene rings is 1. The van der Waals surface area contributed by atoms with Gasteiger partial charge in [-0.25, -0.2) is 4.98 Å². The van der Waals surface area contributed by atoms with Crippen molar-refractivity contribution in [3.05, 3.63) is 42.1 Å². The smallest absolute Gasteiger partial charge is 0.255 e. The van der Waals surface area contributed by atoms with Crippen LogP contribution in [0.4, 0.5) is 11.5 Å². The highest BCUT2D eigenvalue weighted by Gasteiger charge is 2.20. The highest BCUT2D eigenvalue weighted by Crippen LogP contribution is 2.30. The van der Waals surface area contributed by atoms with Crippen LogP contribution in [0.25, 0.3) is 0 Å². The summed E-state index contributed by atoms with van der Waals surface area (Å²) < 4.78 is 10.5. The third kappa shape index (κ3) is 4.05. The second-order valence-electron chi connectivity index (χ2n) is 6.22. The Bertz CT molecular complexity index is 756. The SMILES string of the molecule is COc1ccc(Nc2ccc(C(=O)N3CCN(C)CC3)cn2)cc1OC. The van der Waals surface area contributed by atoms with Crippen molar-refractivity contribution in [1.82, 2.24) is 14.8 Å². The summed E-state index contributed by atoms with van der Waals surface area (Å²) in [5.74, 6) is 1.99. The first-order chi connectivity index (χ1) is 12.6. The summed E-state index contributed by atoms with van der Waals surface area (Å²) >= 11 is 0. The van der Waals surface area contributed by atoms with Crippen molar-refractivity contribution >= 4 is 17.4 Å². The van der Waals surface area contributed by atoms with Crippen LogP contribution >= 0.6 is 0 Å². The van der Waals surface area contributed by atoms with Gasteiger partial charge >= 0.3 is 0 Å². The van der Waals surface area contributed by atoms with Crippen LogP contribution in [-0.4, -0.2) is 68.1 Å². The zero-order valence-electron chi connectivity index (χ0n) is 15.4. The average Bonchev–Trinajstić information content (AvgIpc) is 2.68. The van der Waals surface area contributed by atoms with E-state index in [1.165, 1.54) is 0 Å². The molecular formula is C19H24N4O3. The fraction of sp³-hybridized carbons (Fsp3) is 0.368. The molecule has 1 aliphatic heterocycles. The molecule has 1 aromatic carbocycles. The Morgan fingerprint density at radius 1 is 1.04 bits per heavy atom. The van der Waals surface area contributed by atoms with E-state index in [0.29, 0.717) is 22.9 Å².